The fourth-order valence-corrected chi connectivity index (χ4v) is 9.04. The van der Waals surface area contributed by atoms with Crippen LogP contribution in [-0.4, -0.2) is 124 Å². The number of ether oxygens (including phenoxy) is 2. The molecule has 0 radical (unpaired) electrons. The van der Waals surface area contributed by atoms with E-state index in [1.54, 1.807) is 21.2 Å². The Morgan fingerprint density at radius 3 is 1.63 bits per heavy atom. The molecular formula is C54H82ClN5O10. The van der Waals surface area contributed by atoms with Crippen molar-refractivity contribution in [2.45, 2.75) is 151 Å². The molecule has 0 aliphatic rings. The summed E-state index contributed by atoms with van der Waals surface area (Å²) in [5.74, 6) is -4.96. The number of carboxylic acid groups (broad SMARTS) is 1. The third-order valence-corrected chi connectivity index (χ3v) is 12.9. The molecule has 7 atom stereocenters. The van der Waals surface area contributed by atoms with E-state index in [9.17, 15) is 29.1 Å². The Labute approximate surface area is 422 Å². The second-order valence-corrected chi connectivity index (χ2v) is 20.7. The second-order valence-electron chi connectivity index (χ2n) is 20.7. The number of nitrogens with two attached hydrogens (primary N) is 1. The lowest BCUT2D eigenvalue weighted by molar-refractivity contribution is -0.167. The number of benzene rings is 2. The Kier molecular flexibility index (Phi) is 24.3. The van der Waals surface area contributed by atoms with Crippen LogP contribution < -0.4 is 10.5 Å². The van der Waals surface area contributed by atoms with Crippen molar-refractivity contribution in [3.05, 3.63) is 65.9 Å². The number of carbonyl (C=O) groups is 7. The molecule has 390 valence electrons. The van der Waals surface area contributed by atoms with Gasteiger partial charge in [-0.15, -0.1) is 12.4 Å². The van der Waals surface area contributed by atoms with Crippen molar-refractivity contribution in [1.29, 1.82) is 0 Å². The molecule has 1 aromatic heterocycles. The second kappa shape index (κ2) is 27.9. The van der Waals surface area contributed by atoms with E-state index in [1.165, 1.54) is 35.6 Å². The fourth-order valence-electron chi connectivity index (χ4n) is 9.04. The molecule has 0 saturated heterocycles. The van der Waals surface area contributed by atoms with Gasteiger partial charge in [0.05, 0.1) is 25.2 Å². The minimum atomic E-state index is -1.43. The predicted octanol–water partition coefficient (Wildman–Crippen LogP) is 7.84. The largest absolute Gasteiger partial charge is 0.497 e. The number of nitrogens with zero attached hydrogens (tertiary/aromatic N) is 4. The number of esters is 1. The minimum absolute atomic E-state index is 0. The summed E-state index contributed by atoms with van der Waals surface area (Å²) in [4.78, 5) is 101. The highest BCUT2D eigenvalue weighted by molar-refractivity contribution is 5.97. The number of rotatable bonds is 28. The predicted molar refractivity (Wildman–Crippen MR) is 276 cm³/mol. The van der Waals surface area contributed by atoms with Crippen LogP contribution in [-0.2, 0) is 51.3 Å². The molecule has 0 aliphatic carbocycles. The van der Waals surface area contributed by atoms with Crippen LogP contribution in [0.3, 0.4) is 0 Å². The summed E-state index contributed by atoms with van der Waals surface area (Å²) in [6.07, 6.45) is 1.68. The van der Waals surface area contributed by atoms with Gasteiger partial charge in [-0.1, -0.05) is 85.7 Å². The van der Waals surface area contributed by atoms with Crippen LogP contribution >= 0.6 is 12.4 Å². The summed E-state index contributed by atoms with van der Waals surface area (Å²) in [5, 5.41) is 10.2. The van der Waals surface area contributed by atoms with Crippen molar-refractivity contribution in [2.75, 3.05) is 28.3 Å². The summed E-state index contributed by atoms with van der Waals surface area (Å²) >= 11 is 0. The fraction of sp³-hybridized carbons (Fsp3) is 0.611. The molecule has 0 unspecified atom stereocenters. The van der Waals surface area contributed by atoms with Crippen molar-refractivity contribution >= 4 is 64.5 Å². The summed E-state index contributed by atoms with van der Waals surface area (Å²) in [5.41, 5.74) is 9.08. The minimum Gasteiger partial charge on any atom is -0.497 e. The summed E-state index contributed by atoms with van der Waals surface area (Å²) in [6.45, 7) is 18.9. The van der Waals surface area contributed by atoms with Crippen molar-refractivity contribution in [3.8, 4) is 5.75 Å². The molecule has 0 saturated carbocycles. The zero-order chi connectivity index (χ0) is 52.0. The van der Waals surface area contributed by atoms with E-state index in [4.69, 9.17) is 15.2 Å². The smallest absolute Gasteiger partial charge is 0.344 e. The molecular weight excluding hydrogens is 914 g/mol. The van der Waals surface area contributed by atoms with Crippen LogP contribution in [0.25, 0.3) is 10.9 Å². The van der Waals surface area contributed by atoms with Crippen molar-refractivity contribution in [1.82, 2.24) is 19.3 Å². The van der Waals surface area contributed by atoms with E-state index in [0.717, 1.165) is 27.8 Å². The summed E-state index contributed by atoms with van der Waals surface area (Å²) < 4.78 is 12.6. The lowest BCUT2D eigenvalue weighted by atomic mass is 9.85. The quantitative estimate of drug-likeness (QED) is 0.0672. The van der Waals surface area contributed by atoms with Crippen LogP contribution in [0.1, 0.15) is 119 Å². The maximum absolute atomic E-state index is 15.2. The number of amides is 3. The van der Waals surface area contributed by atoms with E-state index >= 15 is 9.59 Å². The molecule has 16 heteroatoms. The lowest BCUT2D eigenvalue weighted by Gasteiger charge is -2.34. The normalized spacial score (nSPS) is 14.6. The van der Waals surface area contributed by atoms with E-state index in [1.807, 2.05) is 110 Å². The van der Waals surface area contributed by atoms with Gasteiger partial charge in [-0.05, 0) is 92.5 Å². The molecule has 3 aromatic rings. The molecule has 0 aliphatic heterocycles. The number of aliphatic carboxylic acids is 1. The monoisotopic (exact) mass is 996 g/mol. The van der Waals surface area contributed by atoms with Gasteiger partial charge >= 0.3 is 11.9 Å². The van der Waals surface area contributed by atoms with Crippen LogP contribution in [0.15, 0.2) is 54.7 Å². The number of fused-ring (bicyclic) bond motifs is 1. The zero-order valence-electron chi connectivity index (χ0n) is 44.1. The number of para-hydroxylation sites is 1. The van der Waals surface area contributed by atoms with E-state index in [0.29, 0.717) is 25.8 Å². The number of methoxy groups -OCH3 is 1. The Bertz CT molecular complexity index is 2220. The van der Waals surface area contributed by atoms with Gasteiger partial charge in [-0.25, -0.2) is 9.59 Å². The van der Waals surface area contributed by atoms with Gasteiger partial charge in [0.25, 0.3) is 0 Å². The molecule has 1 heterocycles. The number of carboxylic acids is 1. The number of carbonyl (C=O) groups excluding carboxylic acids is 6. The number of ketones is 2. The number of likely N-dealkylation sites (N-methyl/N-ethyl adjacent to an activating group) is 3. The van der Waals surface area contributed by atoms with E-state index < -0.39 is 65.9 Å². The summed E-state index contributed by atoms with van der Waals surface area (Å²) in [6, 6.07) is 11.7. The van der Waals surface area contributed by atoms with Crippen molar-refractivity contribution in [3.63, 3.8) is 0 Å². The molecule has 3 rings (SSSR count). The number of hydrogen-bond donors (Lipinski definition) is 2. The molecule has 70 heavy (non-hydrogen) atoms. The molecule has 3 N–H and O–H groups in total. The van der Waals surface area contributed by atoms with Gasteiger partial charge in [0.15, 0.2) is 17.7 Å². The first-order valence-electron chi connectivity index (χ1n) is 24.5. The summed E-state index contributed by atoms with van der Waals surface area (Å²) in [7, 11) is 6.22. The van der Waals surface area contributed by atoms with Crippen molar-refractivity contribution in [2.24, 2.45) is 41.2 Å². The zero-order valence-corrected chi connectivity index (χ0v) is 44.9. The SMILES string of the molecule is COc1ccc(Cn2cc(C[C@@H](C(=O)C[C@@H](CC(C)C)C(=O)N(C)[C@@H](C)C(=O)O[C@H](C)C(=O)O)N(C)C(=O)[C@@H](CC(=O)[C@H](CC(C)C)N(C)C(=O)[C@@H](N)CC(C)C)CC(C)C)c3ccccc32)cc1.Cl. The molecule has 15 nitrogen and oxygen atoms in total. The van der Waals surface area contributed by atoms with Crippen LogP contribution in [0.4, 0.5) is 0 Å². The number of aromatic nitrogens is 1. The highest BCUT2D eigenvalue weighted by Crippen LogP contribution is 2.30. The van der Waals surface area contributed by atoms with Crippen molar-refractivity contribution < 1.29 is 48.1 Å². The number of halogens is 1. The highest BCUT2D eigenvalue weighted by atomic mass is 35.5. The van der Waals surface area contributed by atoms with E-state index in [-0.39, 0.29) is 79.2 Å². The van der Waals surface area contributed by atoms with Gasteiger partial charge in [0.1, 0.15) is 11.8 Å². The lowest BCUT2D eigenvalue weighted by Crippen LogP contribution is -2.51. The third kappa shape index (κ3) is 17.2. The third-order valence-electron chi connectivity index (χ3n) is 12.9. The Morgan fingerprint density at radius 2 is 1.13 bits per heavy atom. The Balaban J connectivity index is 0.0000168. The van der Waals surface area contributed by atoms with Crippen LogP contribution in [0.2, 0.25) is 0 Å². The molecule has 0 bridgehead atoms. The average Bonchev–Trinajstić information content (AvgIpc) is 3.63. The molecule has 3 amide bonds. The first kappa shape index (κ1) is 60.8. The Morgan fingerprint density at radius 1 is 0.643 bits per heavy atom. The first-order valence-corrected chi connectivity index (χ1v) is 24.5. The number of hydrogen-bond acceptors (Lipinski definition) is 10. The van der Waals surface area contributed by atoms with Gasteiger partial charge in [-0.3, -0.25) is 24.0 Å². The number of Topliss-reactive ketones (excluding diaryl/α,β-unsaturated/α-hetero) is 2. The topological polar surface area (TPSA) is 199 Å². The standard InChI is InChI=1S/C54H81N5O10.ClH/c1-32(2)23-39(50(62)56(11)36(9)54(67)69-37(10)53(65)66)28-49(61)47(27-41-31-59(45-18-16-15-17-43(41)45)30-38-19-21-42(68-14)22-20-38)57(12)51(63)40(24-33(3)4)29-48(60)46(26-35(7)8)58(13)52(64)44(55)25-34(5)6;/h15-22,31-37,39-40,44,46-47H,23-30,55H2,1-14H3,(H,65,66);1H/t36-,37+,39+,40+,44-,46-,47-;/m0./s1. The van der Waals surface area contributed by atoms with Crippen LogP contribution in [0.5, 0.6) is 5.75 Å². The van der Waals surface area contributed by atoms with Gasteiger partial charge in [-0.2, -0.15) is 0 Å². The molecule has 2 aromatic carbocycles. The molecule has 0 fully saturated rings. The maximum Gasteiger partial charge on any atom is 0.344 e. The van der Waals surface area contributed by atoms with E-state index in [2.05, 4.69) is 4.57 Å². The van der Waals surface area contributed by atoms with Gasteiger partial charge in [0, 0.05) is 75.9 Å². The average molecular weight is 997 g/mol. The first-order chi connectivity index (χ1) is 32.3. The highest BCUT2D eigenvalue weighted by Gasteiger charge is 2.39. The van der Waals surface area contributed by atoms with Gasteiger partial charge < -0.3 is 39.6 Å². The van der Waals surface area contributed by atoms with Gasteiger partial charge in [0.2, 0.25) is 17.7 Å². The van der Waals surface area contributed by atoms with Crippen LogP contribution in [0, 0.1) is 35.5 Å². The maximum atomic E-state index is 15.2. The molecule has 0 spiro atoms. The Hall–Kier alpha value is -5.28.